The van der Waals surface area contributed by atoms with Crippen LogP contribution in [0, 0.1) is 11.3 Å². The first-order valence-electron chi connectivity index (χ1n) is 5.97. The highest BCUT2D eigenvalue weighted by Gasteiger charge is 2.34. The van der Waals surface area contributed by atoms with Crippen LogP contribution in [0.2, 0.25) is 0 Å². The zero-order valence-electron chi connectivity index (χ0n) is 11.4. The van der Waals surface area contributed by atoms with Gasteiger partial charge in [-0.1, -0.05) is 6.92 Å². The molecule has 0 radical (unpaired) electrons. The number of nitrogens with zero attached hydrogens (tertiary/aromatic N) is 2. The van der Waals surface area contributed by atoms with Crippen molar-refractivity contribution in [2.24, 2.45) is 0 Å². The molecule has 0 rings (SSSR count). The highest BCUT2D eigenvalue weighted by Crippen LogP contribution is 2.11. The Balaban J connectivity index is 4.79. The largest absolute Gasteiger partial charge is 0.480 e. The summed E-state index contributed by atoms with van der Waals surface area (Å²) in [5.74, 6) is -1.07. The summed E-state index contributed by atoms with van der Waals surface area (Å²) in [5.41, 5.74) is -1.28. The number of rotatable bonds is 6. The maximum atomic E-state index is 12.0. The van der Waals surface area contributed by atoms with Crippen molar-refractivity contribution in [3.8, 4) is 6.07 Å². The third-order valence-corrected chi connectivity index (χ3v) is 2.91. The summed E-state index contributed by atoms with van der Waals surface area (Å²) in [5, 5.41) is 20.1. The van der Waals surface area contributed by atoms with E-state index < -0.39 is 17.5 Å². The molecule has 6 heteroatoms. The number of carboxylic acid groups (broad SMARTS) is 1. The molecule has 1 atom stereocenters. The molecular formula is C12H21N3O3. The lowest BCUT2D eigenvalue weighted by Gasteiger charge is -2.31. The smallest absolute Gasteiger partial charge is 0.329 e. The lowest BCUT2D eigenvalue weighted by atomic mass is 9.99. The fourth-order valence-corrected chi connectivity index (χ4v) is 1.37. The lowest BCUT2D eigenvalue weighted by Crippen LogP contribution is -2.57. The molecule has 2 N–H and O–H groups in total. The van der Waals surface area contributed by atoms with Gasteiger partial charge in [0.15, 0.2) is 0 Å². The van der Waals surface area contributed by atoms with Gasteiger partial charge in [0, 0.05) is 12.6 Å². The number of urea groups is 1. The minimum atomic E-state index is -1.28. The number of nitriles is 1. The monoisotopic (exact) mass is 255 g/mol. The predicted molar refractivity (Wildman–Crippen MR) is 66.9 cm³/mol. The quantitative estimate of drug-likeness (QED) is 0.753. The van der Waals surface area contributed by atoms with Crippen LogP contribution in [0.25, 0.3) is 0 Å². The van der Waals surface area contributed by atoms with E-state index in [9.17, 15) is 9.59 Å². The van der Waals surface area contributed by atoms with Crippen LogP contribution >= 0.6 is 0 Å². The maximum absolute atomic E-state index is 12.0. The lowest BCUT2D eigenvalue weighted by molar-refractivity contribution is -0.143. The first-order valence-corrected chi connectivity index (χ1v) is 5.97. The molecule has 2 amide bonds. The topological polar surface area (TPSA) is 93.4 Å². The van der Waals surface area contributed by atoms with Crippen molar-refractivity contribution in [2.45, 2.75) is 52.1 Å². The molecule has 0 aromatic rings. The van der Waals surface area contributed by atoms with E-state index in [2.05, 4.69) is 5.32 Å². The van der Waals surface area contributed by atoms with Crippen molar-refractivity contribution in [1.82, 2.24) is 10.2 Å². The molecule has 1 unspecified atom stereocenters. The van der Waals surface area contributed by atoms with E-state index in [0.717, 1.165) is 0 Å². The molecule has 0 heterocycles. The van der Waals surface area contributed by atoms with Gasteiger partial charge < -0.3 is 15.3 Å². The SMILES string of the molecule is CCC(C)(NC(=O)N(CCC#N)C(C)C)C(=O)O. The van der Waals surface area contributed by atoms with Gasteiger partial charge >= 0.3 is 12.0 Å². The van der Waals surface area contributed by atoms with Gasteiger partial charge in [0.25, 0.3) is 0 Å². The van der Waals surface area contributed by atoms with Crippen LogP contribution < -0.4 is 5.32 Å². The number of carbonyl (C=O) groups is 2. The first-order chi connectivity index (χ1) is 8.28. The Morgan fingerprint density at radius 2 is 2.06 bits per heavy atom. The molecule has 0 aromatic carbocycles. The van der Waals surface area contributed by atoms with Crippen molar-refractivity contribution >= 4 is 12.0 Å². The van der Waals surface area contributed by atoms with Gasteiger partial charge in [-0.2, -0.15) is 5.26 Å². The average molecular weight is 255 g/mol. The molecule has 6 nitrogen and oxygen atoms in total. The fourth-order valence-electron chi connectivity index (χ4n) is 1.37. The third kappa shape index (κ3) is 4.24. The summed E-state index contributed by atoms with van der Waals surface area (Å²) in [6, 6.07) is 1.43. The molecule has 0 aliphatic carbocycles. The van der Waals surface area contributed by atoms with E-state index >= 15 is 0 Å². The molecule has 0 aliphatic rings. The van der Waals surface area contributed by atoms with Crippen LogP contribution in [-0.4, -0.2) is 40.1 Å². The van der Waals surface area contributed by atoms with Gasteiger partial charge in [-0.05, 0) is 27.2 Å². The number of carboxylic acids is 1. The molecule has 0 fully saturated rings. The number of hydrogen-bond donors (Lipinski definition) is 2. The van der Waals surface area contributed by atoms with Gasteiger partial charge in [-0.15, -0.1) is 0 Å². The standard InChI is InChI=1S/C12H21N3O3/c1-5-12(4,10(16)17)14-11(18)15(9(2)3)8-6-7-13/h9H,5-6,8H2,1-4H3,(H,14,18)(H,16,17). The summed E-state index contributed by atoms with van der Waals surface area (Å²) in [6.07, 6.45) is 0.514. The van der Waals surface area contributed by atoms with Crippen LogP contribution in [0.4, 0.5) is 4.79 Å². The van der Waals surface area contributed by atoms with E-state index in [1.165, 1.54) is 11.8 Å². The molecule has 18 heavy (non-hydrogen) atoms. The van der Waals surface area contributed by atoms with Crippen LogP contribution in [0.3, 0.4) is 0 Å². The summed E-state index contributed by atoms with van der Waals surface area (Å²) in [7, 11) is 0. The molecule has 0 aliphatic heterocycles. The molecule has 0 saturated heterocycles. The molecular weight excluding hydrogens is 234 g/mol. The Kier molecular flexibility index (Phi) is 6.17. The summed E-state index contributed by atoms with van der Waals surface area (Å²) in [4.78, 5) is 24.6. The molecule has 102 valence electrons. The van der Waals surface area contributed by atoms with E-state index in [4.69, 9.17) is 10.4 Å². The van der Waals surface area contributed by atoms with E-state index in [0.29, 0.717) is 6.54 Å². The van der Waals surface area contributed by atoms with Crippen molar-refractivity contribution in [3.63, 3.8) is 0 Å². The highest BCUT2D eigenvalue weighted by molar-refractivity contribution is 5.85. The van der Waals surface area contributed by atoms with Gasteiger partial charge in [0.1, 0.15) is 5.54 Å². The van der Waals surface area contributed by atoms with Crippen LogP contribution in [0.1, 0.15) is 40.5 Å². The van der Waals surface area contributed by atoms with Crippen molar-refractivity contribution < 1.29 is 14.7 Å². The van der Waals surface area contributed by atoms with Crippen LogP contribution in [-0.2, 0) is 4.79 Å². The highest BCUT2D eigenvalue weighted by atomic mass is 16.4. The van der Waals surface area contributed by atoms with Gasteiger partial charge in [0.05, 0.1) is 12.5 Å². The molecule has 0 saturated carbocycles. The number of aliphatic carboxylic acids is 1. The zero-order valence-corrected chi connectivity index (χ0v) is 11.4. The van der Waals surface area contributed by atoms with Gasteiger partial charge in [0.2, 0.25) is 0 Å². The number of carbonyl (C=O) groups excluding carboxylic acids is 1. The fraction of sp³-hybridized carbons (Fsp3) is 0.750. The van der Waals surface area contributed by atoms with Crippen molar-refractivity contribution in [3.05, 3.63) is 0 Å². The van der Waals surface area contributed by atoms with E-state index in [1.807, 2.05) is 19.9 Å². The molecule has 0 bridgehead atoms. The normalized spacial score (nSPS) is 13.6. The van der Waals surface area contributed by atoms with Crippen molar-refractivity contribution in [2.75, 3.05) is 6.54 Å². The zero-order chi connectivity index (χ0) is 14.3. The predicted octanol–water partition coefficient (Wildman–Crippen LogP) is 1.57. The Morgan fingerprint density at radius 3 is 2.39 bits per heavy atom. The second-order valence-corrected chi connectivity index (χ2v) is 4.62. The van der Waals surface area contributed by atoms with Crippen LogP contribution in [0.5, 0.6) is 0 Å². The first kappa shape index (κ1) is 16.2. The Morgan fingerprint density at radius 1 is 1.50 bits per heavy atom. The van der Waals surface area contributed by atoms with Crippen molar-refractivity contribution in [1.29, 1.82) is 5.26 Å². The van der Waals surface area contributed by atoms with E-state index in [1.54, 1.807) is 6.92 Å². The maximum Gasteiger partial charge on any atom is 0.329 e. The Hall–Kier alpha value is -1.77. The number of hydrogen-bond acceptors (Lipinski definition) is 3. The molecule has 0 aromatic heterocycles. The summed E-state index contributed by atoms with van der Waals surface area (Å²) < 4.78 is 0. The number of nitrogens with one attached hydrogen (secondary N) is 1. The Bertz CT molecular complexity index is 349. The summed E-state index contributed by atoms with van der Waals surface area (Å²) in [6.45, 7) is 7.10. The minimum Gasteiger partial charge on any atom is -0.480 e. The van der Waals surface area contributed by atoms with E-state index in [-0.39, 0.29) is 18.9 Å². The second kappa shape index (κ2) is 6.84. The average Bonchev–Trinajstić information content (AvgIpc) is 2.28. The van der Waals surface area contributed by atoms with Gasteiger partial charge in [-0.25, -0.2) is 9.59 Å². The second-order valence-electron chi connectivity index (χ2n) is 4.62. The van der Waals surface area contributed by atoms with Crippen LogP contribution in [0.15, 0.2) is 0 Å². The third-order valence-electron chi connectivity index (χ3n) is 2.91. The minimum absolute atomic E-state index is 0.0896. The number of amides is 2. The Labute approximate surface area is 108 Å². The molecule has 0 spiro atoms. The van der Waals surface area contributed by atoms with Gasteiger partial charge in [-0.3, -0.25) is 0 Å². The summed E-state index contributed by atoms with van der Waals surface area (Å²) >= 11 is 0.